The van der Waals surface area contributed by atoms with Crippen LogP contribution in [-0.4, -0.2) is 24.0 Å². The minimum Gasteiger partial charge on any atom is -0.384 e. The van der Waals surface area contributed by atoms with Gasteiger partial charge in [-0.1, -0.05) is 0 Å². The van der Waals surface area contributed by atoms with Crippen LogP contribution in [0.3, 0.4) is 0 Å². The van der Waals surface area contributed by atoms with Crippen LogP contribution in [0.5, 0.6) is 0 Å². The highest BCUT2D eigenvalue weighted by atomic mass is 16.1. The summed E-state index contributed by atoms with van der Waals surface area (Å²) in [7, 11) is 0. The van der Waals surface area contributed by atoms with E-state index >= 15 is 0 Å². The first-order chi connectivity index (χ1) is 7.76. The van der Waals surface area contributed by atoms with E-state index in [2.05, 4.69) is 15.6 Å². The van der Waals surface area contributed by atoms with Gasteiger partial charge in [0.05, 0.1) is 0 Å². The second-order valence-electron chi connectivity index (χ2n) is 3.17. The van der Waals surface area contributed by atoms with E-state index in [0.717, 1.165) is 5.69 Å². The Morgan fingerprint density at radius 2 is 2.44 bits per heavy atom. The molecule has 84 valence electrons. The van der Waals surface area contributed by atoms with Gasteiger partial charge in [0.2, 0.25) is 5.91 Å². The van der Waals surface area contributed by atoms with E-state index in [1.54, 1.807) is 18.3 Å². The normalized spacial score (nSPS) is 9.25. The number of pyridine rings is 1. The first kappa shape index (κ1) is 12.0. The molecule has 0 bridgehead atoms. The summed E-state index contributed by atoms with van der Waals surface area (Å²) in [6, 6.07) is 5.37. The highest BCUT2D eigenvalue weighted by Crippen LogP contribution is 2.06. The zero-order valence-electron chi connectivity index (χ0n) is 9.16. The highest BCUT2D eigenvalue weighted by Gasteiger charge is 1.99. The van der Waals surface area contributed by atoms with E-state index in [1.165, 1.54) is 0 Å². The number of hydrogen-bond acceptors (Lipinski definition) is 4. The number of amides is 1. The molecule has 0 aromatic carbocycles. The van der Waals surface area contributed by atoms with Crippen molar-refractivity contribution >= 4 is 11.6 Å². The van der Waals surface area contributed by atoms with Gasteiger partial charge < -0.3 is 10.6 Å². The van der Waals surface area contributed by atoms with Crippen LogP contribution in [0.1, 0.15) is 19.0 Å². The molecule has 1 rings (SSSR count). The predicted octanol–water partition coefficient (Wildman–Crippen LogP) is 0.891. The lowest BCUT2D eigenvalue weighted by Gasteiger charge is -2.06. The van der Waals surface area contributed by atoms with Crippen LogP contribution in [-0.2, 0) is 4.79 Å². The fourth-order valence-electron chi connectivity index (χ4n) is 1.21. The van der Waals surface area contributed by atoms with Gasteiger partial charge in [-0.25, -0.2) is 4.98 Å². The maximum atomic E-state index is 11.1. The molecule has 1 heterocycles. The topological polar surface area (TPSA) is 77.8 Å². The summed E-state index contributed by atoms with van der Waals surface area (Å²) in [5.74, 6) is 0.0181. The largest absolute Gasteiger partial charge is 0.384 e. The van der Waals surface area contributed by atoms with E-state index < -0.39 is 0 Å². The van der Waals surface area contributed by atoms with E-state index in [0.29, 0.717) is 25.2 Å². The number of aromatic nitrogens is 1. The molecule has 0 atom stereocenters. The average molecular weight is 218 g/mol. The molecular formula is C11H14N4O. The number of nitriles is 1. The minimum atomic E-state index is 0.0181. The average Bonchev–Trinajstić information content (AvgIpc) is 2.30. The van der Waals surface area contributed by atoms with Crippen LogP contribution >= 0.6 is 0 Å². The Bertz CT molecular complexity index is 397. The van der Waals surface area contributed by atoms with E-state index in [9.17, 15) is 4.79 Å². The van der Waals surface area contributed by atoms with Crippen LogP contribution in [0.4, 0.5) is 5.69 Å². The van der Waals surface area contributed by atoms with Crippen molar-refractivity contribution in [2.75, 3.05) is 18.4 Å². The predicted molar refractivity (Wildman–Crippen MR) is 60.7 cm³/mol. The Hall–Kier alpha value is -2.09. The smallest absolute Gasteiger partial charge is 0.221 e. The SMILES string of the molecule is CCNC(=O)CCNc1ccnc(C#N)c1. The second-order valence-corrected chi connectivity index (χ2v) is 3.17. The Kier molecular flexibility index (Phi) is 4.80. The molecule has 0 aliphatic carbocycles. The number of nitrogens with one attached hydrogen (secondary N) is 2. The summed E-state index contributed by atoms with van der Waals surface area (Å²) in [5.41, 5.74) is 1.17. The molecule has 5 nitrogen and oxygen atoms in total. The zero-order chi connectivity index (χ0) is 11.8. The molecule has 0 saturated heterocycles. The molecule has 0 radical (unpaired) electrons. The number of carbonyl (C=O) groups is 1. The standard InChI is InChI=1S/C11H14N4O/c1-2-13-11(16)4-6-14-9-3-5-15-10(7-9)8-12/h3,5,7H,2,4,6H2,1H3,(H,13,16)(H,14,15). The van der Waals surface area contributed by atoms with Crippen LogP contribution in [0.2, 0.25) is 0 Å². The summed E-state index contributed by atoms with van der Waals surface area (Å²) < 4.78 is 0. The van der Waals surface area contributed by atoms with Gasteiger partial charge in [0.1, 0.15) is 11.8 Å². The van der Waals surface area contributed by atoms with Gasteiger partial charge in [0.25, 0.3) is 0 Å². The van der Waals surface area contributed by atoms with Gasteiger partial charge in [0.15, 0.2) is 0 Å². The van der Waals surface area contributed by atoms with Gasteiger partial charge in [0, 0.05) is 31.4 Å². The Morgan fingerprint density at radius 1 is 1.62 bits per heavy atom. The molecule has 0 spiro atoms. The lowest BCUT2D eigenvalue weighted by molar-refractivity contribution is -0.120. The van der Waals surface area contributed by atoms with E-state index in [1.807, 2.05) is 13.0 Å². The van der Waals surface area contributed by atoms with Gasteiger partial charge in [-0.05, 0) is 19.1 Å². The summed E-state index contributed by atoms with van der Waals surface area (Å²) in [5, 5.41) is 14.4. The van der Waals surface area contributed by atoms with Crippen molar-refractivity contribution < 1.29 is 4.79 Å². The van der Waals surface area contributed by atoms with Crippen LogP contribution < -0.4 is 10.6 Å². The lowest BCUT2D eigenvalue weighted by atomic mass is 10.3. The third-order valence-corrected chi connectivity index (χ3v) is 1.93. The maximum absolute atomic E-state index is 11.1. The quantitative estimate of drug-likeness (QED) is 0.769. The van der Waals surface area contributed by atoms with Crippen molar-refractivity contribution in [2.24, 2.45) is 0 Å². The molecule has 0 fully saturated rings. The molecule has 1 amide bonds. The van der Waals surface area contributed by atoms with Crippen LogP contribution in [0.15, 0.2) is 18.3 Å². The maximum Gasteiger partial charge on any atom is 0.221 e. The lowest BCUT2D eigenvalue weighted by Crippen LogP contribution is -2.24. The van der Waals surface area contributed by atoms with Crippen LogP contribution in [0.25, 0.3) is 0 Å². The molecular weight excluding hydrogens is 204 g/mol. The second kappa shape index (κ2) is 6.40. The van der Waals surface area contributed by atoms with Crippen molar-refractivity contribution in [1.29, 1.82) is 5.26 Å². The highest BCUT2D eigenvalue weighted by molar-refractivity contribution is 5.76. The molecule has 0 unspecified atom stereocenters. The van der Waals surface area contributed by atoms with E-state index in [-0.39, 0.29) is 5.91 Å². The van der Waals surface area contributed by atoms with E-state index in [4.69, 9.17) is 5.26 Å². The Balaban J connectivity index is 2.37. The van der Waals surface area contributed by atoms with Gasteiger partial charge in [-0.3, -0.25) is 4.79 Å². The number of anilines is 1. The summed E-state index contributed by atoms with van der Waals surface area (Å²) in [6.45, 7) is 3.07. The number of hydrogen-bond donors (Lipinski definition) is 2. The first-order valence-corrected chi connectivity index (χ1v) is 5.13. The number of carbonyl (C=O) groups excluding carboxylic acids is 1. The van der Waals surface area contributed by atoms with Gasteiger partial charge >= 0.3 is 0 Å². The molecule has 1 aromatic rings. The number of rotatable bonds is 5. The molecule has 16 heavy (non-hydrogen) atoms. The van der Waals surface area contributed by atoms with Crippen molar-refractivity contribution in [3.05, 3.63) is 24.0 Å². The fourth-order valence-corrected chi connectivity index (χ4v) is 1.21. The van der Waals surface area contributed by atoms with Crippen molar-refractivity contribution in [3.8, 4) is 6.07 Å². The third-order valence-electron chi connectivity index (χ3n) is 1.93. The minimum absolute atomic E-state index is 0.0181. The summed E-state index contributed by atoms with van der Waals surface area (Å²) in [4.78, 5) is 15.0. The zero-order valence-corrected chi connectivity index (χ0v) is 9.16. The third kappa shape index (κ3) is 3.96. The monoisotopic (exact) mass is 218 g/mol. The molecule has 0 saturated carbocycles. The first-order valence-electron chi connectivity index (χ1n) is 5.13. The van der Waals surface area contributed by atoms with Crippen molar-refractivity contribution in [3.63, 3.8) is 0 Å². The number of nitrogens with zero attached hydrogens (tertiary/aromatic N) is 2. The summed E-state index contributed by atoms with van der Waals surface area (Å²) >= 11 is 0. The Morgan fingerprint density at radius 3 is 3.12 bits per heavy atom. The molecule has 1 aromatic heterocycles. The summed E-state index contributed by atoms with van der Waals surface area (Å²) in [6.07, 6.45) is 1.98. The van der Waals surface area contributed by atoms with Gasteiger partial charge in [-0.2, -0.15) is 5.26 Å². The molecule has 5 heteroatoms. The van der Waals surface area contributed by atoms with Crippen molar-refractivity contribution in [1.82, 2.24) is 10.3 Å². The van der Waals surface area contributed by atoms with Crippen molar-refractivity contribution in [2.45, 2.75) is 13.3 Å². The molecule has 0 aliphatic rings. The Labute approximate surface area is 94.5 Å². The molecule has 2 N–H and O–H groups in total. The molecule has 0 aliphatic heterocycles. The van der Waals surface area contributed by atoms with Gasteiger partial charge in [-0.15, -0.1) is 0 Å². The fraction of sp³-hybridized carbons (Fsp3) is 0.364. The van der Waals surface area contributed by atoms with Crippen LogP contribution in [0, 0.1) is 11.3 Å².